The Kier molecular flexibility index (Phi) is 6.54. The molecule has 0 radical (unpaired) electrons. The van der Waals surface area contributed by atoms with Gasteiger partial charge in [-0.3, -0.25) is 9.78 Å². The number of hydrogen-bond donors (Lipinski definition) is 2. The van der Waals surface area contributed by atoms with Gasteiger partial charge in [0, 0.05) is 67.2 Å². The van der Waals surface area contributed by atoms with Crippen LogP contribution in [0.25, 0.3) is 28.2 Å². The Morgan fingerprint density at radius 2 is 1.49 bits per heavy atom. The second-order valence-corrected chi connectivity index (χ2v) is 11.8. The highest BCUT2D eigenvalue weighted by Gasteiger charge is 2.48. The van der Waals surface area contributed by atoms with Gasteiger partial charge in [-0.1, -0.05) is 0 Å². The zero-order chi connectivity index (χ0) is 30.5. The van der Waals surface area contributed by atoms with Crippen LogP contribution in [0.15, 0.2) is 57.4 Å². The van der Waals surface area contributed by atoms with Crippen molar-refractivity contribution in [3.63, 3.8) is 0 Å². The Labute approximate surface area is 258 Å². The summed E-state index contributed by atoms with van der Waals surface area (Å²) in [6.07, 6.45) is 11.8. The maximum atomic E-state index is 13.0. The summed E-state index contributed by atoms with van der Waals surface area (Å²) < 4.78 is 19.2. The molecule has 5 aromatic rings. The predicted molar refractivity (Wildman–Crippen MR) is 166 cm³/mol. The Balaban J connectivity index is 1.21. The number of rotatable bonds is 6. The molecular formula is C32H33N9O4. The normalized spacial score (nSPS) is 20.6. The molecule has 1 atom stereocenters. The molecule has 8 heterocycles. The standard InChI is InChI=1S/C32H33N9O4/c1-19-22(9-8-10-34-19)32(21-16-24-29(36-18-21)38-31(44-24)41-13-6-3-7-14-41)39-25(27(33)42)26(45-32)20-15-23-28(35-17-20)37-30(43-23)40-11-4-2-5-12-40/h8-10,15-18,39H,2-7,11-14H2,1H3,(H2,33,42). The Bertz CT molecular complexity index is 1950. The number of ether oxygens (including phenoxy) is 1. The van der Waals surface area contributed by atoms with Gasteiger partial charge in [0.05, 0.1) is 0 Å². The molecule has 0 aromatic carbocycles. The molecule has 13 heteroatoms. The van der Waals surface area contributed by atoms with Crippen molar-refractivity contribution < 1.29 is 18.4 Å². The zero-order valence-corrected chi connectivity index (χ0v) is 25.0. The lowest BCUT2D eigenvalue weighted by Crippen LogP contribution is -2.43. The topological polar surface area (TPSA) is 162 Å². The third kappa shape index (κ3) is 4.69. The number of anilines is 2. The number of carbonyl (C=O) groups excluding carboxylic acids is 1. The number of hydrogen-bond acceptors (Lipinski definition) is 12. The van der Waals surface area contributed by atoms with E-state index in [4.69, 9.17) is 19.3 Å². The smallest absolute Gasteiger partial charge is 0.299 e. The van der Waals surface area contributed by atoms with Crippen LogP contribution in [-0.2, 0) is 15.3 Å². The third-order valence-electron chi connectivity index (χ3n) is 8.81. The first-order valence-electron chi connectivity index (χ1n) is 15.5. The second-order valence-electron chi connectivity index (χ2n) is 11.8. The third-order valence-corrected chi connectivity index (χ3v) is 8.81. The minimum Gasteiger partial charge on any atom is -0.456 e. The quantitative estimate of drug-likeness (QED) is 0.284. The van der Waals surface area contributed by atoms with Crippen LogP contribution in [0.1, 0.15) is 60.9 Å². The summed E-state index contributed by atoms with van der Waals surface area (Å²) in [5, 5.41) is 3.31. The first-order valence-corrected chi connectivity index (χ1v) is 15.5. The summed E-state index contributed by atoms with van der Waals surface area (Å²) in [5.74, 6) is -0.469. The summed E-state index contributed by atoms with van der Waals surface area (Å²) in [6.45, 7) is 5.44. The van der Waals surface area contributed by atoms with Crippen LogP contribution >= 0.6 is 0 Å². The van der Waals surface area contributed by atoms with Crippen LogP contribution in [-0.4, -0.2) is 57.0 Å². The molecule has 3 aliphatic heterocycles. The zero-order valence-electron chi connectivity index (χ0n) is 25.0. The maximum Gasteiger partial charge on any atom is 0.299 e. The van der Waals surface area contributed by atoms with Crippen molar-refractivity contribution in [2.24, 2.45) is 5.73 Å². The van der Waals surface area contributed by atoms with E-state index in [0.29, 0.717) is 56.9 Å². The second kappa shape index (κ2) is 10.8. The van der Waals surface area contributed by atoms with Crippen LogP contribution < -0.4 is 20.9 Å². The molecule has 8 rings (SSSR count). The monoisotopic (exact) mass is 607 g/mol. The van der Waals surface area contributed by atoms with Crippen LogP contribution in [0.4, 0.5) is 12.0 Å². The molecule has 2 saturated heterocycles. The van der Waals surface area contributed by atoms with Gasteiger partial charge in [0.2, 0.25) is 17.0 Å². The number of primary amides is 1. The number of pyridine rings is 3. The highest BCUT2D eigenvalue weighted by atomic mass is 16.5. The number of nitrogens with two attached hydrogens (primary N) is 1. The van der Waals surface area contributed by atoms with Crippen molar-refractivity contribution in [2.45, 2.75) is 51.2 Å². The van der Waals surface area contributed by atoms with Gasteiger partial charge in [0.25, 0.3) is 17.9 Å². The molecule has 0 saturated carbocycles. The van der Waals surface area contributed by atoms with Gasteiger partial charge in [0.15, 0.2) is 16.9 Å². The maximum absolute atomic E-state index is 13.0. The van der Waals surface area contributed by atoms with Crippen LogP contribution in [0, 0.1) is 6.92 Å². The molecule has 230 valence electrons. The molecular weight excluding hydrogens is 574 g/mol. The molecule has 0 spiro atoms. The predicted octanol–water partition coefficient (Wildman–Crippen LogP) is 4.12. The average molecular weight is 608 g/mol. The minimum atomic E-state index is -1.41. The summed E-state index contributed by atoms with van der Waals surface area (Å²) in [5.41, 5.74) is 9.06. The molecule has 0 aliphatic carbocycles. The van der Waals surface area contributed by atoms with Crippen molar-refractivity contribution >= 4 is 46.2 Å². The number of aromatic nitrogens is 5. The Morgan fingerprint density at radius 1 is 0.867 bits per heavy atom. The molecule has 5 aromatic heterocycles. The highest BCUT2D eigenvalue weighted by Crippen LogP contribution is 2.44. The largest absolute Gasteiger partial charge is 0.456 e. The van der Waals surface area contributed by atoms with E-state index in [0.717, 1.165) is 51.9 Å². The number of amides is 1. The van der Waals surface area contributed by atoms with Crippen molar-refractivity contribution in [1.82, 2.24) is 30.2 Å². The van der Waals surface area contributed by atoms with Crippen molar-refractivity contribution in [3.8, 4) is 0 Å². The number of aryl methyl sites for hydroxylation is 1. The average Bonchev–Trinajstić information content (AvgIpc) is 3.81. The van der Waals surface area contributed by atoms with Crippen molar-refractivity contribution in [2.75, 3.05) is 36.0 Å². The van der Waals surface area contributed by atoms with Gasteiger partial charge in [-0.15, -0.1) is 0 Å². The lowest BCUT2D eigenvalue weighted by molar-refractivity contribution is -0.115. The summed E-state index contributed by atoms with van der Waals surface area (Å²) in [7, 11) is 0. The van der Waals surface area contributed by atoms with E-state index in [9.17, 15) is 4.79 Å². The Morgan fingerprint density at radius 3 is 2.11 bits per heavy atom. The lowest BCUT2D eigenvalue weighted by atomic mass is 9.94. The van der Waals surface area contributed by atoms with Crippen LogP contribution in [0.5, 0.6) is 0 Å². The molecule has 1 unspecified atom stereocenters. The van der Waals surface area contributed by atoms with E-state index >= 15 is 0 Å². The molecule has 3 aliphatic rings. The van der Waals surface area contributed by atoms with Gasteiger partial charge >= 0.3 is 0 Å². The molecule has 1 amide bonds. The molecule has 13 nitrogen and oxygen atoms in total. The van der Waals surface area contributed by atoms with Gasteiger partial charge in [-0.2, -0.15) is 9.97 Å². The lowest BCUT2D eigenvalue weighted by Gasteiger charge is -2.31. The SMILES string of the molecule is Cc1ncccc1C1(c2cnc3nc(N4CCCCC4)oc3c2)NC(C(N)=O)=C(c2cnc3nc(N4CCCCC4)oc3c2)O1. The van der Waals surface area contributed by atoms with Crippen LogP contribution in [0.2, 0.25) is 0 Å². The van der Waals surface area contributed by atoms with E-state index in [2.05, 4.69) is 40.0 Å². The molecule has 0 bridgehead atoms. The van der Waals surface area contributed by atoms with E-state index in [1.165, 1.54) is 12.8 Å². The fraction of sp³-hybridized carbons (Fsp3) is 0.375. The van der Waals surface area contributed by atoms with Gasteiger partial charge in [-0.25, -0.2) is 9.97 Å². The van der Waals surface area contributed by atoms with E-state index in [-0.39, 0.29) is 11.5 Å². The molecule has 2 fully saturated rings. The fourth-order valence-corrected chi connectivity index (χ4v) is 6.48. The number of nitrogens with zero attached hydrogens (tertiary/aromatic N) is 7. The van der Waals surface area contributed by atoms with Gasteiger partial charge < -0.3 is 34.4 Å². The molecule has 45 heavy (non-hydrogen) atoms. The molecule has 3 N–H and O–H groups in total. The number of carbonyl (C=O) groups is 1. The van der Waals surface area contributed by atoms with Crippen molar-refractivity contribution in [1.29, 1.82) is 0 Å². The number of piperidine rings is 2. The number of oxazole rings is 2. The first kappa shape index (κ1) is 27.4. The van der Waals surface area contributed by atoms with E-state index < -0.39 is 11.6 Å². The van der Waals surface area contributed by atoms with Gasteiger partial charge in [-0.05, 0) is 69.7 Å². The van der Waals surface area contributed by atoms with E-state index in [1.54, 1.807) is 24.7 Å². The fourth-order valence-electron chi connectivity index (χ4n) is 6.48. The Hall–Kier alpha value is -5.20. The summed E-state index contributed by atoms with van der Waals surface area (Å²) in [4.78, 5) is 40.2. The number of fused-ring (bicyclic) bond motifs is 2. The summed E-state index contributed by atoms with van der Waals surface area (Å²) in [6, 6.07) is 8.41. The van der Waals surface area contributed by atoms with Crippen LogP contribution in [0.3, 0.4) is 0 Å². The van der Waals surface area contributed by atoms with Gasteiger partial charge in [0.1, 0.15) is 5.70 Å². The minimum absolute atomic E-state index is 0.0850. The first-order chi connectivity index (χ1) is 22.0. The summed E-state index contributed by atoms with van der Waals surface area (Å²) >= 11 is 0. The van der Waals surface area contributed by atoms with E-state index in [1.807, 2.05) is 25.1 Å². The number of nitrogens with one attached hydrogen (secondary N) is 1. The highest BCUT2D eigenvalue weighted by molar-refractivity contribution is 6.00. The van der Waals surface area contributed by atoms with Crippen molar-refractivity contribution in [3.05, 3.63) is 70.9 Å².